The highest BCUT2D eigenvalue weighted by Crippen LogP contribution is 2.36. The van der Waals surface area contributed by atoms with Crippen molar-refractivity contribution in [2.24, 2.45) is 11.5 Å². The van der Waals surface area contributed by atoms with Gasteiger partial charge in [0.25, 0.3) is 0 Å². The van der Waals surface area contributed by atoms with Crippen molar-refractivity contribution in [3.8, 4) is 0 Å². The third-order valence-corrected chi connectivity index (χ3v) is 2.85. The van der Waals surface area contributed by atoms with Gasteiger partial charge in [0.15, 0.2) is 0 Å². The normalized spacial score (nSPS) is 12.8. The quantitative estimate of drug-likeness (QED) is 0.717. The van der Waals surface area contributed by atoms with Crippen LogP contribution in [0.4, 0.5) is 18.9 Å². The summed E-state index contributed by atoms with van der Waals surface area (Å²) in [7, 11) is 0. The number of halogens is 3. The number of primary amides is 1. The van der Waals surface area contributed by atoms with Crippen LogP contribution >= 0.6 is 11.8 Å². The number of nitrogens with one attached hydrogen (secondary N) is 1. The van der Waals surface area contributed by atoms with E-state index in [9.17, 15) is 22.8 Å². The third-order valence-electron chi connectivity index (χ3n) is 2.11. The molecule has 5 nitrogen and oxygen atoms in total. The lowest BCUT2D eigenvalue weighted by atomic mass is 10.2. The van der Waals surface area contributed by atoms with Crippen LogP contribution in [-0.4, -0.2) is 23.4 Å². The van der Waals surface area contributed by atoms with Crippen molar-refractivity contribution >= 4 is 29.3 Å². The first-order valence-electron chi connectivity index (χ1n) is 5.38. The van der Waals surface area contributed by atoms with Gasteiger partial charge in [0.2, 0.25) is 11.8 Å². The number of carbonyl (C=O) groups is 2. The second kappa shape index (κ2) is 6.62. The van der Waals surface area contributed by atoms with E-state index in [1.165, 1.54) is 24.3 Å². The molecule has 0 aliphatic carbocycles. The molecule has 1 aromatic carbocycles. The molecule has 0 heterocycles. The van der Waals surface area contributed by atoms with Crippen LogP contribution in [0.15, 0.2) is 29.2 Å². The van der Waals surface area contributed by atoms with Gasteiger partial charge in [0.05, 0.1) is 12.5 Å². The third kappa shape index (κ3) is 5.93. The molecule has 0 spiro atoms. The SMILES string of the molecule is NC(=O)CC(N)C(=O)Nc1ccc(SC(F)(F)F)cc1. The van der Waals surface area contributed by atoms with Crippen molar-refractivity contribution in [1.82, 2.24) is 0 Å². The molecule has 0 bridgehead atoms. The number of hydrogen-bond acceptors (Lipinski definition) is 4. The Morgan fingerprint density at radius 2 is 1.80 bits per heavy atom. The topological polar surface area (TPSA) is 98.2 Å². The predicted octanol–water partition coefficient (Wildman–Crippen LogP) is 1.44. The maximum absolute atomic E-state index is 12.1. The fourth-order valence-electron chi connectivity index (χ4n) is 1.28. The van der Waals surface area contributed by atoms with Crippen LogP contribution in [0.5, 0.6) is 0 Å². The van der Waals surface area contributed by atoms with Crippen LogP contribution in [0, 0.1) is 0 Å². The molecule has 5 N–H and O–H groups in total. The fourth-order valence-corrected chi connectivity index (χ4v) is 1.82. The smallest absolute Gasteiger partial charge is 0.370 e. The van der Waals surface area contributed by atoms with Crippen molar-refractivity contribution in [1.29, 1.82) is 0 Å². The summed E-state index contributed by atoms with van der Waals surface area (Å²) in [4.78, 5) is 22.1. The molecule has 1 unspecified atom stereocenters. The molecule has 0 fully saturated rings. The minimum Gasteiger partial charge on any atom is -0.370 e. The highest BCUT2D eigenvalue weighted by atomic mass is 32.2. The summed E-state index contributed by atoms with van der Waals surface area (Å²) in [6.07, 6.45) is -0.312. The van der Waals surface area contributed by atoms with E-state index in [-0.39, 0.29) is 28.8 Å². The summed E-state index contributed by atoms with van der Waals surface area (Å²) in [6.45, 7) is 0. The number of amides is 2. The Labute approximate surface area is 116 Å². The standard InChI is InChI=1S/C11H12F3N3O2S/c12-11(13,14)20-7-3-1-6(2-4-7)17-10(19)8(15)5-9(16)18/h1-4,8H,5,15H2,(H2,16,18)(H,17,19). The van der Waals surface area contributed by atoms with E-state index in [0.717, 1.165) is 0 Å². The van der Waals surface area contributed by atoms with Gasteiger partial charge < -0.3 is 16.8 Å². The zero-order chi connectivity index (χ0) is 15.3. The Hall–Kier alpha value is -1.74. The Morgan fingerprint density at radius 1 is 1.25 bits per heavy atom. The molecule has 2 amide bonds. The van der Waals surface area contributed by atoms with Crippen LogP contribution in [0.2, 0.25) is 0 Å². The number of alkyl halides is 3. The van der Waals surface area contributed by atoms with Crippen LogP contribution < -0.4 is 16.8 Å². The second-order valence-corrected chi connectivity index (χ2v) is 4.98. The molecule has 0 aliphatic heterocycles. The van der Waals surface area contributed by atoms with Gasteiger partial charge in [-0.15, -0.1) is 0 Å². The lowest BCUT2D eigenvalue weighted by Crippen LogP contribution is -2.38. The van der Waals surface area contributed by atoms with Gasteiger partial charge in [-0.05, 0) is 36.0 Å². The number of thioether (sulfide) groups is 1. The van der Waals surface area contributed by atoms with Crippen molar-refractivity contribution in [3.05, 3.63) is 24.3 Å². The molecule has 0 radical (unpaired) electrons. The molecule has 0 aromatic heterocycles. The molecule has 0 aliphatic rings. The number of anilines is 1. The largest absolute Gasteiger partial charge is 0.446 e. The van der Waals surface area contributed by atoms with E-state index in [4.69, 9.17) is 11.5 Å². The van der Waals surface area contributed by atoms with E-state index in [2.05, 4.69) is 5.32 Å². The van der Waals surface area contributed by atoms with Crippen LogP contribution in [0.3, 0.4) is 0 Å². The van der Waals surface area contributed by atoms with Crippen molar-refractivity contribution in [2.45, 2.75) is 22.9 Å². The molecule has 110 valence electrons. The predicted molar refractivity (Wildman–Crippen MR) is 68.8 cm³/mol. The van der Waals surface area contributed by atoms with E-state index in [1.807, 2.05) is 0 Å². The number of carbonyl (C=O) groups excluding carboxylic acids is 2. The zero-order valence-corrected chi connectivity index (χ0v) is 10.9. The summed E-state index contributed by atoms with van der Waals surface area (Å²) in [5.41, 5.74) is 6.22. The molecule has 0 saturated heterocycles. The highest BCUT2D eigenvalue weighted by Gasteiger charge is 2.29. The maximum Gasteiger partial charge on any atom is 0.446 e. The van der Waals surface area contributed by atoms with Crippen LogP contribution in [0.25, 0.3) is 0 Å². The van der Waals surface area contributed by atoms with Gasteiger partial charge in [0.1, 0.15) is 0 Å². The summed E-state index contributed by atoms with van der Waals surface area (Å²) in [5.74, 6) is -1.36. The molecule has 20 heavy (non-hydrogen) atoms. The number of hydrogen-bond donors (Lipinski definition) is 3. The minimum atomic E-state index is -4.37. The lowest BCUT2D eigenvalue weighted by molar-refractivity contribution is -0.123. The second-order valence-electron chi connectivity index (χ2n) is 3.84. The molecule has 1 rings (SSSR count). The molecule has 9 heteroatoms. The summed E-state index contributed by atoms with van der Waals surface area (Å²) in [6, 6.07) is 3.95. The first kappa shape index (κ1) is 16.3. The lowest BCUT2D eigenvalue weighted by Gasteiger charge is -2.11. The van der Waals surface area contributed by atoms with E-state index in [1.54, 1.807) is 0 Å². The van der Waals surface area contributed by atoms with Crippen LogP contribution in [-0.2, 0) is 9.59 Å². The Balaban J connectivity index is 2.61. The molecule has 1 atom stereocenters. The number of nitrogens with two attached hydrogens (primary N) is 2. The van der Waals surface area contributed by atoms with Crippen molar-refractivity contribution < 1.29 is 22.8 Å². The van der Waals surface area contributed by atoms with Gasteiger partial charge in [-0.25, -0.2) is 0 Å². The van der Waals surface area contributed by atoms with Gasteiger partial charge in [-0.1, -0.05) is 0 Å². The minimum absolute atomic E-state index is 0.00284. The van der Waals surface area contributed by atoms with E-state index >= 15 is 0 Å². The van der Waals surface area contributed by atoms with E-state index in [0.29, 0.717) is 0 Å². The maximum atomic E-state index is 12.1. The van der Waals surface area contributed by atoms with Gasteiger partial charge in [0, 0.05) is 10.6 Å². The highest BCUT2D eigenvalue weighted by molar-refractivity contribution is 8.00. The Bertz CT molecular complexity index is 491. The van der Waals surface area contributed by atoms with Crippen molar-refractivity contribution in [2.75, 3.05) is 5.32 Å². The first-order valence-corrected chi connectivity index (χ1v) is 6.19. The number of benzene rings is 1. The van der Waals surface area contributed by atoms with Crippen molar-refractivity contribution in [3.63, 3.8) is 0 Å². The number of rotatable bonds is 5. The van der Waals surface area contributed by atoms with E-state index < -0.39 is 23.4 Å². The molecular weight excluding hydrogens is 295 g/mol. The summed E-state index contributed by atoms with van der Waals surface area (Å²) < 4.78 is 36.3. The first-order chi connectivity index (χ1) is 9.17. The Kier molecular flexibility index (Phi) is 5.40. The van der Waals surface area contributed by atoms with Crippen LogP contribution in [0.1, 0.15) is 6.42 Å². The average Bonchev–Trinajstić information content (AvgIpc) is 2.28. The molecule has 1 aromatic rings. The van der Waals surface area contributed by atoms with Gasteiger partial charge in [-0.2, -0.15) is 13.2 Å². The summed E-state index contributed by atoms with van der Waals surface area (Å²) in [5, 5.41) is 2.37. The van der Waals surface area contributed by atoms with Gasteiger partial charge >= 0.3 is 5.51 Å². The molecule has 0 saturated carbocycles. The molecular formula is C11H12F3N3O2S. The van der Waals surface area contributed by atoms with Gasteiger partial charge in [-0.3, -0.25) is 9.59 Å². The monoisotopic (exact) mass is 307 g/mol. The average molecular weight is 307 g/mol. The fraction of sp³-hybridized carbons (Fsp3) is 0.273. The summed E-state index contributed by atoms with van der Waals surface area (Å²) >= 11 is -0.256. The zero-order valence-electron chi connectivity index (χ0n) is 10.1. The Morgan fingerprint density at radius 3 is 2.25 bits per heavy atom.